The van der Waals surface area contributed by atoms with Crippen LogP contribution in [0.25, 0.3) is 0 Å². The largest absolute Gasteiger partial charge is 0.395 e. The van der Waals surface area contributed by atoms with Gasteiger partial charge in [-0.15, -0.1) is 0 Å². The van der Waals surface area contributed by atoms with Crippen LogP contribution in [0.2, 0.25) is 0 Å². The van der Waals surface area contributed by atoms with E-state index in [1.54, 1.807) is 7.11 Å². The Morgan fingerprint density at radius 3 is 2.17 bits per heavy atom. The fourth-order valence-corrected chi connectivity index (χ4v) is 1.29. The van der Waals surface area contributed by atoms with Crippen LogP contribution in [0.5, 0.6) is 0 Å². The van der Waals surface area contributed by atoms with Gasteiger partial charge in [0.2, 0.25) is 0 Å². The Morgan fingerprint density at radius 1 is 1.00 bits per heavy atom. The van der Waals surface area contributed by atoms with Gasteiger partial charge >= 0.3 is 0 Å². The fourth-order valence-electron chi connectivity index (χ4n) is 1.29. The molecule has 0 bridgehead atoms. The Kier molecular flexibility index (Phi) is 12.9. The SMILES string of the molecule is COCCOCCOCCN(CCO)CC(F)F. The molecule has 0 spiro atoms. The maximum atomic E-state index is 12.2. The Hall–Kier alpha value is -0.340. The highest BCUT2D eigenvalue weighted by molar-refractivity contribution is 4.58. The molecule has 0 saturated heterocycles. The lowest BCUT2D eigenvalue weighted by Crippen LogP contribution is -2.34. The van der Waals surface area contributed by atoms with E-state index < -0.39 is 6.43 Å². The van der Waals surface area contributed by atoms with E-state index in [-0.39, 0.29) is 19.7 Å². The van der Waals surface area contributed by atoms with Gasteiger partial charge in [-0.2, -0.15) is 0 Å². The van der Waals surface area contributed by atoms with Gasteiger partial charge in [-0.1, -0.05) is 0 Å². The first-order chi connectivity index (χ1) is 8.70. The number of halogens is 2. The van der Waals surface area contributed by atoms with E-state index in [4.69, 9.17) is 19.3 Å². The molecular formula is C11H23F2NO4. The van der Waals surface area contributed by atoms with E-state index in [1.807, 2.05) is 0 Å². The van der Waals surface area contributed by atoms with E-state index in [1.165, 1.54) is 4.90 Å². The predicted octanol–water partition coefficient (Wildman–Crippen LogP) is 0.225. The molecule has 0 aliphatic rings. The maximum absolute atomic E-state index is 12.2. The van der Waals surface area contributed by atoms with Gasteiger partial charge in [-0.05, 0) is 0 Å². The number of aliphatic hydroxyl groups is 1. The predicted molar refractivity (Wildman–Crippen MR) is 63.0 cm³/mol. The quantitative estimate of drug-likeness (QED) is 0.486. The summed E-state index contributed by atoms with van der Waals surface area (Å²) in [7, 11) is 1.60. The van der Waals surface area contributed by atoms with Crippen molar-refractivity contribution < 1.29 is 28.1 Å². The summed E-state index contributed by atoms with van der Waals surface area (Å²) < 4.78 is 39.5. The minimum Gasteiger partial charge on any atom is -0.395 e. The lowest BCUT2D eigenvalue weighted by molar-refractivity contribution is 0.0122. The van der Waals surface area contributed by atoms with E-state index in [0.717, 1.165) is 0 Å². The van der Waals surface area contributed by atoms with Gasteiger partial charge < -0.3 is 19.3 Å². The van der Waals surface area contributed by atoms with Gasteiger partial charge in [0.1, 0.15) is 0 Å². The van der Waals surface area contributed by atoms with Crippen LogP contribution in [-0.2, 0) is 14.2 Å². The van der Waals surface area contributed by atoms with Crippen molar-refractivity contribution in [3.8, 4) is 0 Å². The van der Waals surface area contributed by atoms with E-state index in [2.05, 4.69) is 0 Å². The van der Waals surface area contributed by atoms with Crippen molar-refractivity contribution in [3.05, 3.63) is 0 Å². The van der Waals surface area contributed by atoms with Crippen molar-refractivity contribution in [1.29, 1.82) is 0 Å². The highest BCUT2D eigenvalue weighted by Crippen LogP contribution is 1.97. The lowest BCUT2D eigenvalue weighted by Gasteiger charge is -2.20. The monoisotopic (exact) mass is 271 g/mol. The van der Waals surface area contributed by atoms with Gasteiger partial charge in [-0.3, -0.25) is 4.90 Å². The summed E-state index contributed by atoms with van der Waals surface area (Å²) in [5.74, 6) is 0. The number of methoxy groups -OCH3 is 1. The lowest BCUT2D eigenvalue weighted by atomic mass is 10.4. The molecule has 0 aromatic heterocycles. The second kappa shape index (κ2) is 13.1. The number of rotatable bonds is 13. The normalized spacial score (nSPS) is 11.7. The number of alkyl halides is 2. The van der Waals surface area contributed by atoms with Crippen LogP contribution >= 0.6 is 0 Å². The van der Waals surface area contributed by atoms with Crippen LogP contribution in [0.1, 0.15) is 0 Å². The molecule has 0 radical (unpaired) electrons. The first-order valence-corrected chi connectivity index (χ1v) is 5.96. The second-order valence-corrected chi connectivity index (χ2v) is 3.63. The topological polar surface area (TPSA) is 51.2 Å². The maximum Gasteiger partial charge on any atom is 0.251 e. The van der Waals surface area contributed by atoms with Crippen molar-refractivity contribution in [3.63, 3.8) is 0 Å². The minimum absolute atomic E-state index is 0.132. The minimum atomic E-state index is -2.39. The smallest absolute Gasteiger partial charge is 0.251 e. The molecule has 0 aliphatic carbocycles. The van der Waals surface area contributed by atoms with Crippen molar-refractivity contribution in [1.82, 2.24) is 4.90 Å². The number of nitrogens with zero attached hydrogens (tertiary/aromatic N) is 1. The summed E-state index contributed by atoms with van der Waals surface area (Å²) in [6, 6.07) is 0. The Balaban J connectivity index is 3.37. The number of ether oxygens (including phenoxy) is 3. The highest BCUT2D eigenvalue weighted by atomic mass is 19.3. The molecule has 0 atom stereocenters. The molecule has 1 N–H and O–H groups in total. The van der Waals surface area contributed by atoms with Crippen molar-refractivity contribution in [2.75, 3.05) is 66.4 Å². The Bertz CT molecular complexity index is 175. The van der Waals surface area contributed by atoms with Crippen LogP contribution in [0.15, 0.2) is 0 Å². The molecule has 0 amide bonds. The van der Waals surface area contributed by atoms with Crippen molar-refractivity contribution in [2.24, 2.45) is 0 Å². The molecule has 0 aromatic rings. The summed E-state index contributed by atoms with van der Waals surface area (Å²) in [6.07, 6.45) is -2.39. The van der Waals surface area contributed by atoms with Crippen LogP contribution in [0, 0.1) is 0 Å². The van der Waals surface area contributed by atoms with Gasteiger partial charge in [0, 0.05) is 20.2 Å². The average molecular weight is 271 g/mol. The fraction of sp³-hybridized carbons (Fsp3) is 1.00. The molecule has 0 fully saturated rings. The standard InChI is InChI=1S/C11H23F2NO4/c1-16-6-7-18-9-8-17-5-3-14(2-4-15)10-11(12)13/h11,15H,2-10H2,1H3. The first-order valence-electron chi connectivity index (χ1n) is 5.96. The molecule has 7 heteroatoms. The number of hydrogen-bond acceptors (Lipinski definition) is 5. The van der Waals surface area contributed by atoms with Crippen LogP contribution < -0.4 is 0 Å². The number of aliphatic hydroxyl groups excluding tert-OH is 1. The molecule has 0 rings (SSSR count). The molecule has 0 unspecified atom stereocenters. The van der Waals surface area contributed by atoms with E-state index in [0.29, 0.717) is 39.6 Å². The molecule has 0 heterocycles. The second-order valence-electron chi connectivity index (χ2n) is 3.63. The van der Waals surface area contributed by atoms with Gasteiger partial charge in [0.15, 0.2) is 0 Å². The van der Waals surface area contributed by atoms with E-state index in [9.17, 15) is 8.78 Å². The van der Waals surface area contributed by atoms with Crippen LogP contribution in [-0.4, -0.2) is 82.8 Å². The number of hydrogen-bond donors (Lipinski definition) is 1. The van der Waals surface area contributed by atoms with Crippen molar-refractivity contribution >= 4 is 0 Å². The molecule has 18 heavy (non-hydrogen) atoms. The molecule has 5 nitrogen and oxygen atoms in total. The Morgan fingerprint density at radius 2 is 1.61 bits per heavy atom. The summed E-state index contributed by atoms with van der Waals surface area (Å²) in [5.41, 5.74) is 0. The summed E-state index contributed by atoms with van der Waals surface area (Å²) in [6.45, 7) is 2.42. The zero-order valence-corrected chi connectivity index (χ0v) is 10.8. The average Bonchev–Trinajstić information content (AvgIpc) is 2.32. The zero-order valence-electron chi connectivity index (χ0n) is 10.8. The van der Waals surface area contributed by atoms with Gasteiger partial charge in [0.05, 0.1) is 46.2 Å². The third kappa shape index (κ3) is 12.1. The molecule has 110 valence electrons. The van der Waals surface area contributed by atoms with E-state index >= 15 is 0 Å². The van der Waals surface area contributed by atoms with Gasteiger partial charge in [-0.25, -0.2) is 8.78 Å². The molecule has 0 aliphatic heterocycles. The summed E-state index contributed by atoms with van der Waals surface area (Å²) >= 11 is 0. The third-order valence-corrected chi connectivity index (χ3v) is 2.17. The molecule has 0 saturated carbocycles. The Labute approximate surface area is 107 Å². The van der Waals surface area contributed by atoms with Crippen LogP contribution in [0.4, 0.5) is 8.78 Å². The summed E-state index contributed by atoms with van der Waals surface area (Å²) in [4.78, 5) is 1.47. The zero-order chi connectivity index (χ0) is 13.6. The summed E-state index contributed by atoms with van der Waals surface area (Å²) in [5, 5.41) is 8.71. The van der Waals surface area contributed by atoms with Gasteiger partial charge in [0.25, 0.3) is 6.43 Å². The highest BCUT2D eigenvalue weighted by Gasteiger charge is 2.10. The third-order valence-electron chi connectivity index (χ3n) is 2.17. The van der Waals surface area contributed by atoms with Crippen LogP contribution in [0.3, 0.4) is 0 Å². The molecular weight excluding hydrogens is 248 g/mol. The molecule has 0 aromatic carbocycles. The first kappa shape index (κ1) is 17.7. The van der Waals surface area contributed by atoms with Crippen molar-refractivity contribution in [2.45, 2.75) is 6.43 Å².